The Morgan fingerprint density at radius 1 is 0.812 bits per heavy atom. The van der Waals surface area contributed by atoms with Crippen LogP contribution in [0.3, 0.4) is 0 Å². The number of benzene rings is 1. The third kappa shape index (κ3) is 4.44. The Bertz CT molecular complexity index is 381. The molecule has 0 fully saturated rings. The van der Waals surface area contributed by atoms with Crippen LogP contribution in [0.4, 0.5) is 0 Å². The van der Waals surface area contributed by atoms with Gasteiger partial charge in [0.1, 0.15) is 24.7 Å². The summed E-state index contributed by atoms with van der Waals surface area (Å²) in [6.07, 6.45) is 0. The van der Waals surface area contributed by atoms with E-state index in [0.717, 1.165) is 11.5 Å². The van der Waals surface area contributed by atoms with Crippen molar-refractivity contribution in [1.29, 1.82) is 0 Å². The molecule has 1 aromatic carbocycles. The van der Waals surface area contributed by atoms with Gasteiger partial charge in [-0.15, -0.1) is 11.8 Å². The molecule has 0 bridgehead atoms. The second-order valence-corrected chi connectivity index (χ2v) is 2.90. The Hall–Kier alpha value is -2.06. The van der Waals surface area contributed by atoms with Gasteiger partial charge < -0.3 is 9.47 Å². The van der Waals surface area contributed by atoms with Gasteiger partial charge in [-0.3, -0.25) is 0 Å². The molecule has 1 rings (SSSR count). The lowest BCUT2D eigenvalue weighted by atomic mass is 10.3. The third-order valence-electron chi connectivity index (χ3n) is 1.80. The molecule has 0 heterocycles. The average molecular weight is 214 g/mol. The van der Waals surface area contributed by atoms with Crippen LogP contribution in [0.25, 0.3) is 0 Å². The summed E-state index contributed by atoms with van der Waals surface area (Å²) in [5, 5.41) is 0. The first kappa shape index (κ1) is 12.0. The van der Waals surface area contributed by atoms with E-state index in [1.54, 1.807) is 13.8 Å². The van der Waals surface area contributed by atoms with Crippen molar-refractivity contribution in [3.63, 3.8) is 0 Å². The van der Waals surface area contributed by atoms with E-state index >= 15 is 0 Å². The average Bonchev–Trinajstić information content (AvgIpc) is 2.32. The van der Waals surface area contributed by atoms with Crippen molar-refractivity contribution in [1.82, 2.24) is 0 Å². The number of hydrogen-bond acceptors (Lipinski definition) is 2. The normalized spacial score (nSPS) is 8.12. The van der Waals surface area contributed by atoms with Crippen LogP contribution in [0, 0.1) is 23.7 Å². The van der Waals surface area contributed by atoms with Gasteiger partial charge in [-0.1, -0.05) is 11.8 Å². The minimum atomic E-state index is 0.415. The van der Waals surface area contributed by atoms with Gasteiger partial charge in [0.05, 0.1) is 0 Å². The topological polar surface area (TPSA) is 18.5 Å². The summed E-state index contributed by atoms with van der Waals surface area (Å²) in [4.78, 5) is 0. The number of ether oxygens (including phenoxy) is 2. The van der Waals surface area contributed by atoms with Crippen LogP contribution >= 0.6 is 0 Å². The molecule has 0 atom stereocenters. The van der Waals surface area contributed by atoms with Gasteiger partial charge in [-0.2, -0.15) is 0 Å². The molecular formula is C14H14O2. The van der Waals surface area contributed by atoms with E-state index in [1.165, 1.54) is 0 Å². The molecule has 1 aromatic rings. The van der Waals surface area contributed by atoms with E-state index in [4.69, 9.17) is 9.47 Å². The van der Waals surface area contributed by atoms with Gasteiger partial charge in [0.2, 0.25) is 0 Å². The van der Waals surface area contributed by atoms with E-state index in [0.29, 0.717) is 13.2 Å². The monoisotopic (exact) mass is 214 g/mol. The van der Waals surface area contributed by atoms with Crippen molar-refractivity contribution in [3.8, 4) is 35.2 Å². The van der Waals surface area contributed by atoms with Crippen molar-refractivity contribution < 1.29 is 9.47 Å². The van der Waals surface area contributed by atoms with Crippen LogP contribution < -0.4 is 9.47 Å². The smallest absolute Gasteiger partial charge is 0.149 e. The van der Waals surface area contributed by atoms with Gasteiger partial charge in [0.15, 0.2) is 0 Å². The van der Waals surface area contributed by atoms with Crippen LogP contribution in [0.2, 0.25) is 0 Å². The zero-order valence-corrected chi connectivity index (χ0v) is 9.54. The predicted octanol–water partition coefficient (Wildman–Crippen LogP) is 2.49. The molecule has 0 unspecified atom stereocenters. The third-order valence-corrected chi connectivity index (χ3v) is 1.80. The van der Waals surface area contributed by atoms with Gasteiger partial charge in [-0.25, -0.2) is 0 Å². The predicted molar refractivity (Wildman–Crippen MR) is 64.3 cm³/mol. The molecular weight excluding hydrogens is 200 g/mol. The molecule has 0 saturated carbocycles. The molecule has 16 heavy (non-hydrogen) atoms. The fourth-order valence-electron chi connectivity index (χ4n) is 1.02. The Morgan fingerprint density at radius 3 is 1.50 bits per heavy atom. The molecule has 0 aliphatic heterocycles. The SMILES string of the molecule is CC#CCOc1ccc(OCC#CC)cc1. The van der Waals surface area contributed by atoms with Crippen LogP contribution in [-0.2, 0) is 0 Å². The van der Waals surface area contributed by atoms with E-state index < -0.39 is 0 Å². The lowest BCUT2D eigenvalue weighted by Gasteiger charge is -2.04. The molecule has 0 saturated heterocycles. The van der Waals surface area contributed by atoms with Crippen molar-refractivity contribution in [2.24, 2.45) is 0 Å². The van der Waals surface area contributed by atoms with Crippen LogP contribution in [-0.4, -0.2) is 13.2 Å². The summed E-state index contributed by atoms with van der Waals surface area (Å²) in [5.41, 5.74) is 0. The fourth-order valence-corrected chi connectivity index (χ4v) is 1.02. The first-order chi connectivity index (χ1) is 7.86. The molecule has 0 spiro atoms. The Labute approximate surface area is 96.6 Å². The van der Waals surface area contributed by atoms with E-state index in [1.807, 2.05) is 24.3 Å². The minimum absolute atomic E-state index is 0.415. The van der Waals surface area contributed by atoms with Crippen LogP contribution in [0.1, 0.15) is 13.8 Å². The zero-order chi connectivity index (χ0) is 11.6. The molecule has 82 valence electrons. The van der Waals surface area contributed by atoms with E-state index in [-0.39, 0.29) is 0 Å². The van der Waals surface area contributed by atoms with Crippen molar-refractivity contribution in [2.75, 3.05) is 13.2 Å². The lowest BCUT2D eigenvalue weighted by Crippen LogP contribution is -1.95. The summed E-state index contributed by atoms with van der Waals surface area (Å²) in [6.45, 7) is 4.40. The second kappa shape index (κ2) is 7.26. The minimum Gasteiger partial charge on any atom is -0.481 e. The van der Waals surface area contributed by atoms with Crippen molar-refractivity contribution in [2.45, 2.75) is 13.8 Å². The highest BCUT2D eigenvalue weighted by atomic mass is 16.5. The van der Waals surface area contributed by atoms with Crippen molar-refractivity contribution >= 4 is 0 Å². The summed E-state index contributed by atoms with van der Waals surface area (Å²) < 4.78 is 10.7. The largest absolute Gasteiger partial charge is 0.481 e. The number of hydrogen-bond donors (Lipinski definition) is 0. The maximum atomic E-state index is 5.37. The Balaban J connectivity index is 2.45. The van der Waals surface area contributed by atoms with Gasteiger partial charge in [0, 0.05) is 0 Å². The van der Waals surface area contributed by atoms with Gasteiger partial charge >= 0.3 is 0 Å². The van der Waals surface area contributed by atoms with Gasteiger partial charge in [0.25, 0.3) is 0 Å². The second-order valence-electron chi connectivity index (χ2n) is 2.90. The maximum absolute atomic E-state index is 5.37. The van der Waals surface area contributed by atoms with E-state index in [9.17, 15) is 0 Å². The summed E-state index contributed by atoms with van der Waals surface area (Å²) in [6, 6.07) is 7.41. The number of rotatable bonds is 4. The zero-order valence-electron chi connectivity index (χ0n) is 9.54. The van der Waals surface area contributed by atoms with Crippen LogP contribution in [0.5, 0.6) is 11.5 Å². The maximum Gasteiger partial charge on any atom is 0.149 e. The molecule has 2 nitrogen and oxygen atoms in total. The molecule has 0 aromatic heterocycles. The molecule has 0 aliphatic rings. The van der Waals surface area contributed by atoms with Crippen LogP contribution in [0.15, 0.2) is 24.3 Å². The quantitative estimate of drug-likeness (QED) is 0.717. The molecule has 0 aliphatic carbocycles. The highest BCUT2D eigenvalue weighted by molar-refractivity contribution is 5.31. The van der Waals surface area contributed by atoms with Crippen molar-refractivity contribution in [3.05, 3.63) is 24.3 Å². The molecule has 0 radical (unpaired) electrons. The lowest BCUT2D eigenvalue weighted by molar-refractivity contribution is 0.359. The molecule has 2 heteroatoms. The fraction of sp³-hybridized carbons (Fsp3) is 0.286. The highest BCUT2D eigenvalue weighted by Crippen LogP contribution is 2.17. The summed E-state index contributed by atoms with van der Waals surface area (Å²) in [5.74, 6) is 12.8. The highest BCUT2D eigenvalue weighted by Gasteiger charge is 1.94. The molecule has 0 amide bonds. The molecule has 0 N–H and O–H groups in total. The first-order valence-electron chi connectivity index (χ1n) is 5.01. The standard InChI is InChI=1S/C14H14O2/c1-3-5-11-15-13-7-9-14(10-8-13)16-12-6-4-2/h7-10H,11-12H2,1-2H3. The van der Waals surface area contributed by atoms with E-state index in [2.05, 4.69) is 23.7 Å². The first-order valence-corrected chi connectivity index (χ1v) is 5.01. The Morgan fingerprint density at radius 2 is 1.19 bits per heavy atom. The summed E-state index contributed by atoms with van der Waals surface area (Å²) >= 11 is 0. The summed E-state index contributed by atoms with van der Waals surface area (Å²) in [7, 11) is 0. The Kier molecular flexibility index (Phi) is 5.45. The van der Waals surface area contributed by atoms with Gasteiger partial charge in [-0.05, 0) is 38.1 Å².